The van der Waals surface area contributed by atoms with Crippen LogP contribution < -0.4 is 4.90 Å². The van der Waals surface area contributed by atoms with Gasteiger partial charge in [0.2, 0.25) is 0 Å². The van der Waals surface area contributed by atoms with E-state index in [0.29, 0.717) is 5.69 Å². The van der Waals surface area contributed by atoms with E-state index in [-0.39, 0.29) is 22.3 Å². The maximum absolute atomic E-state index is 14.8. The van der Waals surface area contributed by atoms with Crippen molar-refractivity contribution in [2.75, 3.05) is 4.90 Å². The zero-order chi connectivity index (χ0) is 22.3. The van der Waals surface area contributed by atoms with Crippen molar-refractivity contribution in [3.63, 3.8) is 0 Å². The molecule has 1 atom stereocenters. The number of aliphatic hydroxyl groups is 1. The van der Waals surface area contributed by atoms with E-state index in [1.54, 1.807) is 24.3 Å². The molecule has 0 radical (unpaired) electrons. The summed E-state index contributed by atoms with van der Waals surface area (Å²) >= 11 is 0. The van der Waals surface area contributed by atoms with Crippen LogP contribution in [0.25, 0.3) is 5.76 Å². The highest BCUT2D eigenvalue weighted by Gasteiger charge is 2.47. The number of carbonyl (C=O) groups excluding carboxylic acids is 2. The minimum absolute atomic E-state index is 0.0728. The van der Waals surface area contributed by atoms with Crippen LogP contribution >= 0.6 is 0 Å². The molecule has 0 bridgehead atoms. The maximum atomic E-state index is 14.8. The third-order valence-electron chi connectivity index (χ3n) is 5.36. The lowest BCUT2D eigenvalue weighted by Gasteiger charge is -2.26. The highest BCUT2D eigenvalue weighted by atomic mass is 19.1. The molecule has 1 N–H and O–H groups in total. The lowest BCUT2D eigenvalue weighted by Crippen LogP contribution is -2.29. The molecule has 1 fully saturated rings. The number of amides is 1. The summed E-state index contributed by atoms with van der Waals surface area (Å²) in [7, 11) is 0. The number of aliphatic hydroxyl groups excluding tert-OH is 1. The summed E-state index contributed by atoms with van der Waals surface area (Å²) in [5.41, 5.74) is 1.51. The monoisotopic (exact) mass is 419 g/mol. The normalized spacial score (nSPS) is 17.9. The van der Waals surface area contributed by atoms with E-state index in [0.717, 1.165) is 5.56 Å². The molecule has 4 nitrogen and oxygen atoms in total. The van der Waals surface area contributed by atoms with Crippen LogP contribution in [0.15, 0.2) is 72.3 Å². The fourth-order valence-electron chi connectivity index (χ4n) is 3.82. The number of benzene rings is 3. The molecule has 1 amide bonds. The van der Waals surface area contributed by atoms with Crippen molar-refractivity contribution in [3.8, 4) is 0 Å². The smallest absolute Gasteiger partial charge is 0.300 e. The van der Waals surface area contributed by atoms with E-state index >= 15 is 0 Å². The average Bonchev–Trinajstić information content (AvgIpc) is 3.00. The molecule has 0 aliphatic carbocycles. The molecule has 6 heteroatoms. The Morgan fingerprint density at radius 1 is 0.903 bits per heavy atom. The Bertz CT molecular complexity index is 1250. The number of halogens is 2. The molecular weight excluding hydrogens is 400 g/mol. The van der Waals surface area contributed by atoms with Crippen LogP contribution in [0.4, 0.5) is 14.5 Å². The second kappa shape index (κ2) is 7.80. The molecule has 1 aliphatic rings. The van der Waals surface area contributed by atoms with Crippen molar-refractivity contribution >= 4 is 23.1 Å². The van der Waals surface area contributed by atoms with Crippen molar-refractivity contribution < 1.29 is 23.5 Å². The number of nitrogens with zero attached hydrogens (tertiary/aromatic N) is 1. The van der Waals surface area contributed by atoms with Gasteiger partial charge in [-0.3, -0.25) is 14.5 Å². The molecule has 0 spiro atoms. The molecule has 1 heterocycles. The molecule has 0 saturated carbocycles. The summed E-state index contributed by atoms with van der Waals surface area (Å²) < 4.78 is 28.5. The molecular formula is C25H19F2NO3. The summed E-state index contributed by atoms with van der Waals surface area (Å²) in [5.74, 6) is -3.38. The zero-order valence-corrected chi connectivity index (χ0v) is 16.9. The van der Waals surface area contributed by atoms with Crippen LogP contribution in [0.1, 0.15) is 28.3 Å². The van der Waals surface area contributed by atoms with E-state index in [2.05, 4.69) is 0 Å². The quantitative estimate of drug-likeness (QED) is 0.360. The van der Waals surface area contributed by atoms with Crippen molar-refractivity contribution in [1.82, 2.24) is 0 Å². The summed E-state index contributed by atoms with van der Waals surface area (Å²) in [5, 5.41) is 11.0. The molecule has 0 aromatic heterocycles. The van der Waals surface area contributed by atoms with Crippen LogP contribution in [0.2, 0.25) is 0 Å². The summed E-state index contributed by atoms with van der Waals surface area (Å²) in [6.45, 7) is 3.35. The van der Waals surface area contributed by atoms with Gasteiger partial charge in [-0.1, -0.05) is 30.3 Å². The van der Waals surface area contributed by atoms with Crippen molar-refractivity contribution in [1.29, 1.82) is 0 Å². The van der Waals surface area contributed by atoms with Gasteiger partial charge in [0.15, 0.2) is 0 Å². The number of anilines is 1. The first-order valence-corrected chi connectivity index (χ1v) is 9.68. The number of ketones is 1. The average molecular weight is 419 g/mol. The first kappa shape index (κ1) is 20.5. The highest BCUT2D eigenvalue weighted by Crippen LogP contribution is 2.43. The summed E-state index contributed by atoms with van der Waals surface area (Å²) in [6, 6.07) is 15.4. The third-order valence-corrected chi connectivity index (χ3v) is 5.36. The van der Waals surface area contributed by atoms with Crippen LogP contribution in [0, 0.1) is 25.5 Å². The van der Waals surface area contributed by atoms with Crippen LogP contribution in [-0.2, 0) is 9.59 Å². The lowest BCUT2D eigenvalue weighted by molar-refractivity contribution is -0.132. The van der Waals surface area contributed by atoms with Gasteiger partial charge in [-0.15, -0.1) is 0 Å². The van der Waals surface area contributed by atoms with Gasteiger partial charge < -0.3 is 5.11 Å². The minimum atomic E-state index is -1.17. The number of hydrogen-bond donors (Lipinski definition) is 1. The topological polar surface area (TPSA) is 57.6 Å². The number of hydrogen-bond acceptors (Lipinski definition) is 3. The molecule has 1 saturated heterocycles. The van der Waals surface area contributed by atoms with Gasteiger partial charge in [0.25, 0.3) is 11.7 Å². The standard InChI is InChI=1S/C25H19F2NO3/c1-14-6-5-7-17(12-14)28-22(18-8-3-4-9-20(18)27)21(24(30)25(28)31)23(29)16-10-11-19(26)15(2)13-16/h3-13,22,29H,1-2H3/b23-21+. The fourth-order valence-corrected chi connectivity index (χ4v) is 3.82. The zero-order valence-electron chi connectivity index (χ0n) is 16.9. The van der Waals surface area contributed by atoms with E-state index in [4.69, 9.17) is 0 Å². The van der Waals surface area contributed by atoms with Gasteiger partial charge in [0, 0.05) is 16.8 Å². The number of rotatable bonds is 3. The van der Waals surface area contributed by atoms with Crippen molar-refractivity contribution in [2.45, 2.75) is 19.9 Å². The molecule has 1 aliphatic heterocycles. The Balaban J connectivity index is 1.99. The van der Waals surface area contributed by atoms with E-state index in [1.807, 2.05) is 13.0 Å². The first-order valence-electron chi connectivity index (χ1n) is 9.68. The predicted molar refractivity (Wildman–Crippen MR) is 113 cm³/mol. The minimum Gasteiger partial charge on any atom is -0.507 e. The van der Waals surface area contributed by atoms with Crippen LogP contribution in [0.5, 0.6) is 0 Å². The molecule has 3 aromatic rings. The largest absolute Gasteiger partial charge is 0.507 e. The number of aryl methyl sites for hydroxylation is 2. The molecule has 1 unspecified atom stereocenters. The summed E-state index contributed by atoms with van der Waals surface area (Å²) in [4.78, 5) is 27.2. The molecule has 3 aromatic carbocycles. The second-order valence-corrected chi connectivity index (χ2v) is 7.49. The van der Waals surface area contributed by atoms with Crippen LogP contribution in [0.3, 0.4) is 0 Å². The molecule has 4 rings (SSSR count). The molecule has 31 heavy (non-hydrogen) atoms. The second-order valence-electron chi connectivity index (χ2n) is 7.49. The maximum Gasteiger partial charge on any atom is 0.300 e. The first-order chi connectivity index (χ1) is 14.8. The third kappa shape index (κ3) is 3.50. The Morgan fingerprint density at radius 3 is 2.32 bits per heavy atom. The van der Waals surface area contributed by atoms with Gasteiger partial charge in [0.05, 0.1) is 11.6 Å². The Morgan fingerprint density at radius 2 is 1.65 bits per heavy atom. The van der Waals surface area contributed by atoms with E-state index < -0.39 is 35.1 Å². The van der Waals surface area contributed by atoms with Gasteiger partial charge in [-0.2, -0.15) is 0 Å². The Hall–Kier alpha value is -3.80. The van der Waals surface area contributed by atoms with Gasteiger partial charge >= 0.3 is 0 Å². The van der Waals surface area contributed by atoms with E-state index in [9.17, 15) is 23.5 Å². The van der Waals surface area contributed by atoms with Crippen LogP contribution in [-0.4, -0.2) is 16.8 Å². The Kier molecular flexibility index (Phi) is 5.15. The van der Waals surface area contributed by atoms with Crippen molar-refractivity contribution in [2.24, 2.45) is 0 Å². The van der Waals surface area contributed by atoms with Gasteiger partial charge in [0.1, 0.15) is 17.4 Å². The number of Topliss-reactive ketones (excluding diaryl/α,β-unsaturated/α-hetero) is 1. The number of carbonyl (C=O) groups is 2. The lowest BCUT2D eigenvalue weighted by atomic mass is 9.94. The van der Waals surface area contributed by atoms with Gasteiger partial charge in [-0.25, -0.2) is 8.78 Å². The van der Waals surface area contributed by atoms with E-state index in [1.165, 1.54) is 48.2 Å². The highest BCUT2D eigenvalue weighted by molar-refractivity contribution is 6.51. The SMILES string of the molecule is Cc1cccc(N2C(=O)C(=O)/C(=C(/O)c3ccc(F)c(C)c3)C2c2ccccc2F)c1. The fraction of sp³-hybridized carbons (Fsp3) is 0.120. The van der Waals surface area contributed by atoms with Crippen molar-refractivity contribution in [3.05, 3.63) is 106 Å². The summed E-state index contributed by atoms with van der Waals surface area (Å²) in [6.07, 6.45) is 0. The molecule has 156 valence electrons. The van der Waals surface area contributed by atoms with Gasteiger partial charge in [-0.05, 0) is 61.4 Å². The Labute approximate surface area is 178 Å². The predicted octanol–water partition coefficient (Wildman–Crippen LogP) is 5.21.